The Morgan fingerprint density at radius 1 is 1.11 bits per heavy atom. The summed E-state index contributed by atoms with van der Waals surface area (Å²) in [4.78, 5) is 2.37. The Labute approximate surface area is 114 Å². The Balaban J connectivity index is 1.88. The first-order chi connectivity index (χ1) is 9.15. The lowest BCUT2D eigenvalue weighted by Gasteiger charge is -2.37. The summed E-state index contributed by atoms with van der Waals surface area (Å²) in [5.41, 5.74) is 8.05. The highest BCUT2D eigenvalue weighted by Crippen LogP contribution is 2.40. The van der Waals surface area contributed by atoms with Gasteiger partial charge in [-0.1, -0.05) is 13.8 Å². The maximum absolute atomic E-state index is 6.18. The lowest BCUT2D eigenvalue weighted by molar-refractivity contribution is 0.171. The quantitative estimate of drug-likeness (QED) is 0.790. The zero-order chi connectivity index (χ0) is 13.4. The van der Waals surface area contributed by atoms with E-state index in [1.807, 2.05) is 12.1 Å². The minimum Gasteiger partial charge on any atom is -0.486 e. The molecule has 0 radical (unpaired) electrons. The number of anilines is 2. The molecule has 104 valence electrons. The van der Waals surface area contributed by atoms with E-state index in [-0.39, 0.29) is 0 Å². The standard InChI is InChI=1S/C15H22N2O2/c1-10-3-4-17(9-11(10)2)13-8-15-14(7-12(13)16)18-5-6-19-15/h7-8,10-11H,3-6,9,16H2,1-2H3. The van der Waals surface area contributed by atoms with Crippen LogP contribution in [0.2, 0.25) is 0 Å². The molecule has 2 aliphatic heterocycles. The highest BCUT2D eigenvalue weighted by atomic mass is 16.6. The van der Waals surface area contributed by atoms with Gasteiger partial charge in [-0.3, -0.25) is 0 Å². The minimum atomic E-state index is 0.601. The second-order valence-corrected chi connectivity index (χ2v) is 5.74. The lowest BCUT2D eigenvalue weighted by Crippen LogP contribution is -2.38. The SMILES string of the molecule is CC1CCN(c2cc3c(cc2N)OCCO3)CC1C. The summed E-state index contributed by atoms with van der Waals surface area (Å²) in [6, 6.07) is 3.93. The zero-order valence-electron chi connectivity index (χ0n) is 11.7. The molecule has 0 saturated carbocycles. The third-order valence-electron chi connectivity index (χ3n) is 4.37. The Kier molecular flexibility index (Phi) is 3.17. The third-order valence-corrected chi connectivity index (χ3v) is 4.37. The van der Waals surface area contributed by atoms with E-state index in [1.54, 1.807) is 0 Å². The molecule has 0 aliphatic carbocycles. The fourth-order valence-electron chi connectivity index (χ4n) is 2.85. The van der Waals surface area contributed by atoms with Gasteiger partial charge in [0.15, 0.2) is 11.5 Å². The molecule has 4 nitrogen and oxygen atoms in total. The monoisotopic (exact) mass is 262 g/mol. The van der Waals surface area contributed by atoms with Gasteiger partial charge in [0.05, 0.1) is 11.4 Å². The van der Waals surface area contributed by atoms with Gasteiger partial charge >= 0.3 is 0 Å². The van der Waals surface area contributed by atoms with Crippen LogP contribution in [0.1, 0.15) is 20.3 Å². The Bertz CT molecular complexity index is 475. The normalized spacial score (nSPS) is 26.3. The molecule has 1 aromatic carbocycles. The van der Waals surface area contributed by atoms with Crippen LogP contribution in [0.15, 0.2) is 12.1 Å². The molecule has 2 N–H and O–H groups in total. The van der Waals surface area contributed by atoms with Crippen molar-refractivity contribution in [1.29, 1.82) is 0 Å². The average Bonchev–Trinajstić information content (AvgIpc) is 2.41. The van der Waals surface area contributed by atoms with Gasteiger partial charge in [-0.2, -0.15) is 0 Å². The highest BCUT2D eigenvalue weighted by molar-refractivity contribution is 5.73. The van der Waals surface area contributed by atoms with E-state index in [9.17, 15) is 0 Å². The first-order valence-corrected chi connectivity index (χ1v) is 7.09. The van der Waals surface area contributed by atoms with Crippen LogP contribution in [0.25, 0.3) is 0 Å². The second-order valence-electron chi connectivity index (χ2n) is 5.74. The summed E-state index contributed by atoms with van der Waals surface area (Å²) in [7, 11) is 0. The van der Waals surface area contributed by atoms with Crippen LogP contribution in [0, 0.1) is 11.8 Å². The van der Waals surface area contributed by atoms with E-state index < -0.39 is 0 Å². The van der Waals surface area contributed by atoms with Crippen molar-refractivity contribution in [2.24, 2.45) is 11.8 Å². The van der Waals surface area contributed by atoms with Crippen LogP contribution in [0.5, 0.6) is 11.5 Å². The largest absolute Gasteiger partial charge is 0.486 e. The Hall–Kier alpha value is -1.58. The van der Waals surface area contributed by atoms with Crippen LogP contribution in [0.4, 0.5) is 11.4 Å². The summed E-state index contributed by atoms with van der Waals surface area (Å²) in [6.07, 6.45) is 1.22. The molecule has 2 unspecified atom stereocenters. The van der Waals surface area contributed by atoms with Crippen LogP contribution < -0.4 is 20.1 Å². The van der Waals surface area contributed by atoms with Gasteiger partial charge in [0.2, 0.25) is 0 Å². The van der Waals surface area contributed by atoms with Gasteiger partial charge in [0, 0.05) is 25.2 Å². The molecule has 2 heterocycles. The van der Waals surface area contributed by atoms with Crippen molar-refractivity contribution in [3.63, 3.8) is 0 Å². The fraction of sp³-hybridized carbons (Fsp3) is 0.600. The van der Waals surface area contributed by atoms with Crippen LogP contribution in [-0.2, 0) is 0 Å². The molecule has 0 bridgehead atoms. The molecule has 2 atom stereocenters. The topological polar surface area (TPSA) is 47.7 Å². The fourth-order valence-corrected chi connectivity index (χ4v) is 2.85. The van der Waals surface area contributed by atoms with Crippen LogP contribution >= 0.6 is 0 Å². The number of ether oxygens (including phenoxy) is 2. The Morgan fingerprint density at radius 3 is 2.47 bits per heavy atom. The van der Waals surface area contributed by atoms with E-state index >= 15 is 0 Å². The maximum atomic E-state index is 6.18. The number of benzene rings is 1. The van der Waals surface area contributed by atoms with Crippen LogP contribution in [-0.4, -0.2) is 26.3 Å². The predicted octanol–water partition coefficient (Wildman–Crippen LogP) is 2.52. The van der Waals surface area contributed by atoms with Gasteiger partial charge in [0.25, 0.3) is 0 Å². The van der Waals surface area contributed by atoms with Crippen molar-refractivity contribution in [2.45, 2.75) is 20.3 Å². The number of hydrogen-bond donors (Lipinski definition) is 1. The van der Waals surface area contributed by atoms with Crippen LogP contribution in [0.3, 0.4) is 0 Å². The van der Waals surface area contributed by atoms with E-state index in [2.05, 4.69) is 18.7 Å². The summed E-state index contributed by atoms with van der Waals surface area (Å²) >= 11 is 0. The van der Waals surface area contributed by atoms with Gasteiger partial charge in [-0.15, -0.1) is 0 Å². The minimum absolute atomic E-state index is 0.601. The highest BCUT2D eigenvalue weighted by Gasteiger charge is 2.25. The summed E-state index contributed by atoms with van der Waals surface area (Å²) < 4.78 is 11.2. The lowest BCUT2D eigenvalue weighted by atomic mass is 9.88. The van der Waals surface area contributed by atoms with E-state index in [0.717, 1.165) is 41.9 Å². The molecule has 0 aromatic heterocycles. The molecule has 0 spiro atoms. The first-order valence-electron chi connectivity index (χ1n) is 7.09. The van der Waals surface area contributed by atoms with Gasteiger partial charge in [-0.05, 0) is 18.3 Å². The van der Waals surface area contributed by atoms with Crippen molar-refractivity contribution in [1.82, 2.24) is 0 Å². The van der Waals surface area contributed by atoms with Gasteiger partial charge in [-0.25, -0.2) is 0 Å². The molecule has 19 heavy (non-hydrogen) atoms. The maximum Gasteiger partial charge on any atom is 0.163 e. The number of nitrogens with two attached hydrogens (primary N) is 1. The smallest absolute Gasteiger partial charge is 0.163 e. The summed E-state index contributed by atoms with van der Waals surface area (Å²) in [5.74, 6) is 3.07. The molecule has 2 aliphatic rings. The zero-order valence-corrected chi connectivity index (χ0v) is 11.7. The van der Waals surface area contributed by atoms with E-state index in [1.165, 1.54) is 6.42 Å². The molecule has 3 rings (SSSR count). The first kappa shape index (κ1) is 12.5. The predicted molar refractivity (Wildman–Crippen MR) is 77.0 cm³/mol. The van der Waals surface area contributed by atoms with Crippen molar-refractivity contribution in [2.75, 3.05) is 36.9 Å². The molecule has 1 fully saturated rings. The van der Waals surface area contributed by atoms with Gasteiger partial charge in [0.1, 0.15) is 13.2 Å². The van der Waals surface area contributed by atoms with Crippen molar-refractivity contribution in [3.05, 3.63) is 12.1 Å². The third kappa shape index (κ3) is 2.31. The number of nitrogens with zero attached hydrogens (tertiary/aromatic N) is 1. The number of piperidine rings is 1. The molecule has 1 saturated heterocycles. The number of nitrogen functional groups attached to an aromatic ring is 1. The van der Waals surface area contributed by atoms with Crippen molar-refractivity contribution < 1.29 is 9.47 Å². The molecular weight excluding hydrogens is 240 g/mol. The van der Waals surface area contributed by atoms with E-state index in [4.69, 9.17) is 15.2 Å². The van der Waals surface area contributed by atoms with Crippen molar-refractivity contribution >= 4 is 11.4 Å². The number of rotatable bonds is 1. The molecule has 0 amide bonds. The molecule has 1 aromatic rings. The molecule has 4 heteroatoms. The van der Waals surface area contributed by atoms with Gasteiger partial charge < -0.3 is 20.1 Å². The molecular formula is C15H22N2O2. The number of fused-ring (bicyclic) bond motifs is 1. The van der Waals surface area contributed by atoms with E-state index in [0.29, 0.717) is 19.1 Å². The Morgan fingerprint density at radius 2 is 1.79 bits per heavy atom. The average molecular weight is 262 g/mol. The second kappa shape index (κ2) is 4.83. The summed E-state index contributed by atoms with van der Waals surface area (Å²) in [5, 5.41) is 0. The number of hydrogen-bond acceptors (Lipinski definition) is 4. The summed E-state index contributed by atoms with van der Waals surface area (Å²) in [6.45, 7) is 7.98. The van der Waals surface area contributed by atoms with Crippen molar-refractivity contribution in [3.8, 4) is 11.5 Å².